The van der Waals surface area contributed by atoms with E-state index in [-0.39, 0.29) is 0 Å². The summed E-state index contributed by atoms with van der Waals surface area (Å²) < 4.78 is 0. The van der Waals surface area contributed by atoms with E-state index >= 15 is 0 Å². The van der Waals surface area contributed by atoms with E-state index in [2.05, 4.69) is 12.1 Å². The van der Waals surface area contributed by atoms with Gasteiger partial charge in [0.2, 0.25) is 5.60 Å². The maximum atomic E-state index is 11.1. The van der Waals surface area contributed by atoms with Crippen LogP contribution in [0.15, 0.2) is 29.4 Å². The zero-order valence-electron chi connectivity index (χ0n) is 9.93. The second-order valence-corrected chi connectivity index (χ2v) is 4.35. The summed E-state index contributed by atoms with van der Waals surface area (Å²) in [5, 5.41) is 13.0. The molecule has 4 nitrogen and oxygen atoms in total. The largest absolute Gasteiger partial charge is 0.478 e. The standard InChI is InChI=1S/C13H15NO3/c1-3-9-6-4-5-7-10(9)11-8-13(2,12(15)16)17-14-11/h4-7H,3,8H2,1-2H3,(H,15,16). The second kappa shape index (κ2) is 4.20. The highest BCUT2D eigenvalue weighted by Gasteiger charge is 2.42. The zero-order valence-corrected chi connectivity index (χ0v) is 9.93. The lowest BCUT2D eigenvalue weighted by Gasteiger charge is -2.14. The molecule has 0 fully saturated rings. The smallest absolute Gasteiger partial charge is 0.351 e. The topological polar surface area (TPSA) is 58.9 Å². The van der Waals surface area contributed by atoms with Crippen LogP contribution in [0.4, 0.5) is 0 Å². The van der Waals surface area contributed by atoms with Crippen molar-refractivity contribution < 1.29 is 14.7 Å². The molecule has 0 saturated carbocycles. The van der Waals surface area contributed by atoms with Crippen molar-refractivity contribution in [1.29, 1.82) is 0 Å². The first-order valence-electron chi connectivity index (χ1n) is 5.63. The first-order valence-corrected chi connectivity index (χ1v) is 5.63. The summed E-state index contributed by atoms with van der Waals surface area (Å²) in [5.41, 5.74) is 1.63. The highest BCUT2D eigenvalue weighted by atomic mass is 16.7. The van der Waals surface area contributed by atoms with E-state index in [1.807, 2.05) is 24.3 Å². The highest BCUT2D eigenvalue weighted by Crippen LogP contribution is 2.28. The molecule has 17 heavy (non-hydrogen) atoms. The van der Waals surface area contributed by atoms with Gasteiger partial charge in [-0.15, -0.1) is 0 Å². The number of aryl methyl sites for hydroxylation is 1. The fourth-order valence-corrected chi connectivity index (χ4v) is 1.91. The number of rotatable bonds is 3. The average molecular weight is 233 g/mol. The Morgan fingerprint density at radius 2 is 2.24 bits per heavy atom. The fourth-order valence-electron chi connectivity index (χ4n) is 1.91. The number of nitrogens with zero attached hydrogens (tertiary/aromatic N) is 1. The third-order valence-electron chi connectivity index (χ3n) is 3.02. The number of oxime groups is 1. The number of carboxylic acid groups (broad SMARTS) is 1. The maximum absolute atomic E-state index is 11.1. The van der Waals surface area contributed by atoms with Crippen molar-refractivity contribution in [3.63, 3.8) is 0 Å². The number of carboxylic acids is 1. The third-order valence-corrected chi connectivity index (χ3v) is 3.02. The molecule has 1 aliphatic heterocycles. The van der Waals surface area contributed by atoms with Crippen molar-refractivity contribution in [2.45, 2.75) is 32.3 Å². The number of carbonyl (C=O) groups is 1. The van der Waals surface area contributed by atoms with Gasteiger partial charge < -0.3 is 9.94 Å². The van der Waals surface area contributed by atoms with Crippen LogP contribution in [0.5, 0.6) is 0 Å². The number of aliphatic carboxylic acids is 1. The van der Waals surface area contributed by atoms with E-state index in [0.29, 0.717) is 12.1 Å². The fraction of sp³-hybridized carbons (Fsp3) is 0.385. The molecule has 1 unspecified atom stereocenters. The number of hydrogen-bond acceptors (Lipinski definition) is 3. The van der Waals surface area contributed by atoms with Crippen LogP contribution in [0.2, 0.25) is 0 Å². The normalized spacial score (nSPS) is 23.1. The first-order chi connectivity index (χ1) is 8.07. The van der Waals surface area contributed by atoms with Gasteiger partial charge in [-0.1, -0.05) is 36.3 Å². The summed E-state index contributed by atoms with van der Waals surface area (Å²) in [6.07, 6.45) is 1.19. The SMILES string of the molecule is CCc1ccccc1C1=NOC(C)(C(=O)O)C1. The summed E-state index contributed by atoms with van der Waals surface area (Å²) in [7, 11) is 0. The van der Waals surface area contributed by atoms with Crippen molar-refractivity contribution in [2.24, 2.45) is 5.16 Å². The van der Waals surface area contributed by atoms with Crippen LogP contribution in [-0.2, 0) is 16.1 Å². The number of hydrogen-bond donors (Lipinski definition) is 1. The minimum absolute atomic E-state index is 0.305. The molecule has 0 bridgehead atoms. The van der Waals surface area contributed by atoms with Gasteiger partial charge in [0, 0.05) is 12.0 Å². The Kier molecular flexibility index (Phi) is 2.88. The van der Waals surface area contributed by atoms with E-state index in [0.717, 1.165) is 17.5 Å². The van der Waals surface area contributed by atoms with E-state index in [1.54, 1.807) is 6.92 Å². The Morgan fingerprint density at radius 1 is 1.53 bits per heavy atom. The van der Waals surface area contributed by atoms with Crippen molar-refractivity contribution in [3.8, 4) is 0 Å². The first kappa shape index (κ1) is 11.6. The lowest BCUT2D eigenvalue weighted by Crippen LogP contribution is -2.35. The summed E-state index contributed by atoms with van der Waals surface area (Å²) in [5.74, 6) is -0.981. The molecule has 0 aliphatic carbocycles. The molecule has 0 spiro atoms. The lowest BCUT2D eigenvalue weighted by atomic mass is 9.93. The van der Waals surface area contributed by atoms with Gasteiger partial charge >= 0.3 is 5.97 Å². The summed E-state index contributed by atoms with van der Waals surface area (Å²) >= 11 is 0. The Labute approximate surface area is 99.9 Å². The van der Waals surface area contributed by atoms with E-state index in [4.69, 9.17) is 9.94 Å². The summed E-state index contributed by atoms with van der Waals surface area (Å²) in [6.45, 7) is 3.60. The van der Waals surface area contributed by atoms with Crippen LogP contribution in [0.25, 0.3) is 0 Å². The minimum Gasteiger partial charge on any atom is -0.478 e. The van der Waals surface area contributed by atoms with Crippen LogP contribution < -0.4 is 0 Å². The summed E-state index contributed by atoms with van der Waals surface area (Å²) in [4.78, 5) is 16.1. The molecule has 90 valence electrons. The summed E-state index contributed by atoms with van der Waals surface area (Å²) in [6, 6.07) is 7.87. The van der Waals surface area contributed by atoms with Crippen LogP contribution in [0.3, 0.4) is 0 Å². The Balaban J connectivity index is 2.29. The van der Waals surface area contributed by atoms with Crippen molar-refractivity contribution in [3.05, 3.63) is 35.4 Å². The molecule has 1 aromatic carbocycles. The van der Waals surface area contributed by atoms with Crippen molar-refractivity contribution >= 4 is 11.7 Å². The number of benzene rings is 1. The molecule has 0 radical (unpaired) electrons. The molecule has 1 aliphatic rings. The predicted molar refractivity (Wildman–Crippen MR) is 64.1 cm³/mol. The van der Waals surface area contributed by atoms with E-state index < -0.39 is 11.6 Å². The van der Waals surface area contributed by atoms with Gasteiger partial charge in [-0.25, -0.2) is 4.79 Å². The second-order valence-electron chi connectivity index (χ2n) is 4.35. The molecule has 0 amide bonds. The predicted octanol–water partition coefficient (Wildman–Crippen LogP) is 2.22. The van der Waals surface area contributed by atoms with E-state index in [9.17, 15) is 4.79 Å². The van der Waals surface area contributed by atoms with Gasteiger partial charge in [-0.2, -0.15) is 0 Å². The molecular weight excluding hydrogens is 218 g/mol. The van der Waals surface area contributed by atoms with E-state index in [1.165, 1.54) is 0 Å². The molecule has 0 saturated heterocycles. The molecular formula is C13H15NO3. The van der Waals surface area contributed by atoms with Crippen molar-refractivity contribution in [2.75, 3.05) is 0 Å². The molecule has 2 rings (SSSR count). The molecule has 4 heteroatoms. The van der Waals surface area contributed by atoms with Gasteiger partial charge in [-0.05, 0) is 18.9 Å². The van der Waals surface area contributed by atoms with Gasteiger partial charge in [0.05, 0.1) is 5.71 Å². The quantitative estimate of drug-likeness (QED) is 0.870. The Hall–Kier alpha value is -1.84. The Bertz CT molecular complexity index is 481. The van der Waals surface area contributed by atoms with Crippen LogP contribution in [0, 0.1) is 0 Å². The Morgan fingerprint density at radius 3 is 2.82 bits per heavy atom. The lowest BCUT2D eigenvalue weighted by molar-refractivity contribution is -0.160. The molecule has 1 atom stereocenters. The van der Waals surface area contributed by atoms with Gasteiger partial charge in [0.1, 0.15) is 0 Å². The van der Waals surface area contributed by atoms with Crippen LogP contribution in [-0.4, -0.2) is 22.4 Å². The van der Waals surface area contributed by atoms with Crippen molar-refractivity contribution in [1.82, 2.24) is 0 Å². The van der Waals surface area contributed by atoms with Crippen LogP contribution >= 0.6 is 0 Å². The molecule has 0 aromatic heterocycles. The molecule has 1 heterocycles. The molecule has 1 N–H and O–H groups in total. The van der Waals surface area contributed by atoms with Crippen LogP contribution in [0.1, 0.15) is 31.4 Å². The maximum Gasteiger partial charge on any atom is 0.351 e. The van der Waals surface area contributed by atoms with Gasteiger partial charge in [0.25, 0.3) is 0 Å². The molecule has 1 aromatic rings. The zero-order chi connectivity index (χ0) is 12.5. The minimum atomic E-state index is -1.23. The van der Waals surface area contributed by atoms with Gasteiger partial charge in [-0.3, -0.25) is 0 Å². The van der Waals surface area contributed by atoms with Gasteiger partial charge in [0.15, 0.2) is 0 Å². The average Bonchev–Trinajstić information content (AvgIpc) is 2.73. The third kappa shape index (κ3) is 2.02. The monoisotopic (exact) mass is 233 g/mol. The highest BCUT2D eigenvalue weighted by molar-refractivity contribution is 6.05.